The number of benzene rings is 1. The number of carbonyl (C=O) groups is 1. The molecule has 1 fully saturated rings. The van der Waals surface area contributed by atoms with E-state index >= 15 is 0 Å². The Morgan fingerprint density at radius 2 is 2.07 bits per heavy atom. The quantitative estimate of drug-likeness (QED) is 0.720. The van der Waals surface area contributed by atoms with E-state index in [1.165, 1.54) is 6.26 Å². The van der Waals surface area contributed by atoms with Crippen LogP contribution in [0.25, 0.3) is 0 Å². The summed E-state index contributed by atoms with van der Waals surface area (Å²) in [5.41, 5.74) is 1.53. The van der Waals surface area contributed by atoms with E-state index < -0.39 is 9.84 Å². The van der Waals surface area contributed by atoms with Crippen LogP contribution in [0.5, 0.6) is 11.5 Å². The van der Waals surface area contributed by atoms with E-state index in [2.05, 4.69) is 9.59 Å². The topological polar surface area (TPSA) is 98.7 Å². The van der Waals surface area contributed by atoms with Gasteiger partial charge in [0.2, 0.25) is 5.91 Å². The Bertz CT molecular complexity index is 1010. The molecule has 29 heavy (non-hydrogen) atoms. The van der Waals surface area contributed by atoms with E-state index in [4.69, 9.17) is 9.47 Å². The third-order valence-electron chi connectivity index (χ3n) is 5.54. The summed E-state index contributed by atoms with van der Waals surface area (Å²) in [5, 5.41) is 4.06. The standard InChI is InChI=1S/C19H23N3O5S2/c1-26-15-5-3-4-13-10-14(11-27-17(13)15)18(23)22-8-6-12(7-9-22)16-19(28-21-20-16)29(2,24)25/h3-5,12,14H,6-11H2,1-2H3/t14-/m0/s1. The van der Waals surface area contributed by atoms with Gasteiger partial charge in [-0.05, 0) is 30.9 Å². The Kier molecular flexibility index (Phi) is 5.48. The van der Waals surface area contributed by atoms with Gasteiger partial charge in [0.05, 0.1) is 18.7 Å². The number of sulfone groups is 1. The molecule has 1 aromatic heterocycles. The number of amides is 1. The molecular weight excluding hydrogens is 414 g/mol. The number of methoxy groups -OCH3 is 1. The highest BCUT2D eigenvalue weighted by Gasteiger charge is 2.34. The molecule has 0 saturated carbocycles. The Hall–Kier alpha value is -2.20. The number of hydrogen-bond acceptors (Lipinski definition) is 8. The fourth-order valence-electron chi connectivity index (χ4n) is 4.04. The minimum atomic E-state index is -3.33. The molecule has 0 N–H and O–H groups in total. The van der Waals surface area contributed by atoms with Crippen molar-refractivity contribution >= 4 is 27.3 Å². The van der Waals surface area contributed by atoms with Gasteiger partial charge in [0.1, 0.15) is 6.61 Å². The maximum absolute atomic E-state index is 13.0. The fourth-order valence-corrected chi connectivity index (χ4v) is 5.77. The van der Waals surface area contributed by atoms with Crippen LogP contribution in [0.1, 0.15) is 30.0 Å². The molecule has 4 rings (SSSR count). The van der Waals surface area contributed by atoms with Crippen LogP contribution in [-0.4, -0.2) is 61.9 Å². The average molecular weight is 438 g/mol. The van der Waals surface area contributed by atoms with E-state index in [-0.39, 0.29) is 22.0 Å². The highest BCUT2D eigenvalue weighted by atomic mass is 32.2. The van der Waals surface area contributed by atoms with Gasteiger partial charge >= 0.3 is 0 Å². The SMILES string of the molecule is COc1cccc2c1OC[C@@H](C(=O)N1CCC(c3nnsc3S(C)(=O)=O)CC1)C2. The first-order valence-corrected chi connectivity index (χ1v) is 12.1. The molecule has 3 heterocycles. The van der Waals surface area contributed by atoms with Crippen LogP contribution in [0.2, 0.25) is 0 Å². The first-order chi connectivity index (χ1) is 13.9. The number of aromatic nitrogens is 2. The zero-order valence-electron chi connectivity index (χ0n) is 16.3. The van der Waals surface area contributed by atoms with Gasteiger partial charge in [-0.1, -0.05) is 16.6 Å². The maximum atomic E-state index is 13.0. The summed E-state index contributed by atoms with van der Waals surface area (Å²) in [6.45, 7) is 1.48. The molecule has 2 aliphatic heterocycles. The van der Waals surface area contributed by atoms with Crippen LogP contribution in [0, 0.1) is 5.92 Å². The largest absolute Gasteiger partial charge is 0.493 e. The summed E-state index contributed by atoms with van der Waals surface area (Å²) in [5.74, 6) is 1.28. The van der Waals surface area contributed by atoms with E-state index in [1.807, 2.05) is 23.1 Å². The van der Waals surface area contributed by atoms with Crippen molar-refractivity contribution in [3.05, 3.63) is 29.5 Å². The number of hydrogen-bond donors (Lipinski definition) is 0. The van der Waals surface area contributed by atoms with E-state index in [1.54, 1.807) is 7.11 Å². The second-order valence-electron chi connectivity index (χ2n) is 7.48. The number of piperidine rings is 1. The predicted octanol–water partition coefficient (Wildman–Crippen LogP) is 1.91. The fraction of sp³-hybridized carbons (Fsp3) is 0.526. The van der Waals surface area contributed by atoms with Crippen LogP contribution in [0.3, 0.4) is 0 Å². The lowest BCUT2D eigenvalue weighted by Crippen LogP contribution is -2.44. The average Bonchev–Trinajstić information content (AvgIpc) is 3.23. The second-order valence-corrected chi connectivity index (χ2v) is 10.4. The predicted molar refractivity (Wildman–Crippen MR) is 107 cm³/mol. The molecule has 0 radical (unpaired) electrons. The number of ether oxygens (including phenoxy) is 2. The molecule has 8 nitrogen and oxygen atoms in total. The number of nitrogens with zero attached hydrogens (tertiary/aromatic N) is 3. The number of carbonyl (C=O) groups excluding carboxylic acids is 1. The van der Waals surface area contributed by atoms with Gasteiger partial charge < -0.3 is 14.4 Å². The van der Waals surface area contributed by atoms with Gasteiger partial charge in [0.25, 0.3) is 0 Å². The molecule has 1 aromatic carbocycles. The van der Waals surface area contributed by atoms with Crippen molar-refractivity contribution in [1.82, 2.24) is 14.5 Å². The number of rotatable bonds is 4. The minimum absolute atomic E-state index is 0.00937. The Balaban J connectivity index is 1.41. The highest BCUT2D eigenvalue weighted by molar-refractivity contribution is 7.92. The zero-order chi connectivity index (χ0) is 20.6. The molecule has 2 aliphatic rings. The summed E-state index contributed by atoms with van der Waals surface area (Å²) in [7, 11) is -1.73. The second kappa shape index (κ2) is 7.91. The number of likely N-dealkylation sites (tertiary alicyclic amines) is 1. The first kappa shape index (κ1) is 20.1. The molecule has 10 heteroatoms. The van der Waals surface area contributed by atoms with Gasteiger partial charge in [-0.3, -0.25) is 4.79 Å². The third kappa shape index (κ3) is 3.95. The third-order valence-corrected chi connectivity index (χ3v) is 8.09. The van der Waals surface area contributed by atoms with Crippen molar-refractivity contribution in [3.8, 4) is 11.5 Å². The zero-order valence-corrected chi connectivity index (χ0v) is 18.0. The molecule has 0 bridgehead atoms. The lowest BCUT2D eigenvalue weighted by molar-refractivity contribution is -0.138. The molecule has 1 atom stereocenters. The van der Waals surface area contributed by atoms with Crippen LogP contribution < -0.4 is 9.47 Å². The summed E-state index contributed by atoms with van der Waals surface area (Å²) in [4.78, 5) is 14.9. The van der Waals surface area contributed by atoms with E-state index in [9.17, 15) is 13.2 Å². The van der Waals surface area contributed by atoms with Crippen LogP contribution in [0.4, 0.5) is 0 Å². The van der Waals surface area contributed by atoms with Crippen LogP contribution in [0.15, 0.2) is 22.4 Å². The molecule has 2 aromatic rings. The van der Waals surface area contributed by atoms with Gasteiger partial charge in [0.15, 0.2) is 25.5 Å². The lowest BCUT2D eigenvalue weighted by Gasteiger charge is -2.35. The van der Waals surface area contributed by atoms with Gasteiger partial charge in [-0.25, -0.2) is 8.42 Å². The normalized spacial score (nSPS) is 20.1. The summed E-state index contributed by atoms with van der Waals surface area (Å²) >= 11 is 0.920. The monoisotopic (exact) mass is 437 g/mol. The Morgan fingerprint density at radius 3 is 2.76 bits per heavy atom. The molecule has 0 spiro atoms. The van der Waals surface area contributed by atoms with Crippen LogP contribution in [-0.2, 0) is 21.1 Å². The van der Waals surface area contributed by atoms with E-state index in [0.717, 1.165) is 22.8 Å². The molecule has 1 amide bonds. The molecule has 0 unspecified atom stereocenters. The molecule has 156 valence electrons. The van der Waals surface area contributed by atoms with Crippen molar-refractivity contribution in [1.29, 1.82) is 0 Å². The van der Waals surface area contributed by atoms with Gasteiger partial charge in [-0.2, -0.15) is 0 Å². The highest BCUT2D eigenvalue weighted by Crippen LogP contribution is 2.37. The van der Waals surface area contributed by atoms with Crippen molar-refractivity contribution in [2.45, 2.75) is 29.4 Å². The summed E-state index contributed by atoms with van der Waals surface area (Å²) in [6.07, 6.45) is 3.16. The smallest absolute Gasteiger partial charge is 0.229 e. The van der Waals surface area contributed by atoms with Crippen molar-refractivity contribution in [3.63, 3.8) is 0 Å². The van der Waals surface area contributed by atoms with Crippen molar-refractivity contribution < 1.29 is 22.7 Å². The number of para-hydroxylation sites is 1. The molecule has 0 aliphatic carbocycles. The first-order valence-electron chi connectivity index (χ1n) is 9.48. The molecular formula is C19H23N3O5S2. The van der Waals surface area contributed by atoms with Gasteiger partial charge in [-0.15, -0.1) is 5.10 Å². The Labute approximate surface area is 173 Å². The van der Waals surface area contributed by atoms with Gasteiger partial charge in [0, 0.05) is 36.8 Å². The lowest BCUT2D eigenvalue weighted by atomic mass is 9.91. The minimum Gasteiger partial charge on any atom is -0.493 e. The van der Waals surface area contributed by atoms with Crippen LogP contribution >= 0.6 is 11.5 Å². The summed E-state index contributed by atoms with van der Waals surface area (Å²) in [6, 6.07) is 5.72. The maximum Gasteiger partial charge on any atom is 0.229 e. The summed E-state index contributed by atoms with van der Waals surface area (Å²) < 4.78 is 39.1. The molecule has 1 saturated heterocycles. The van der Waals surface area contributed by atoms with Crippen molar-refractivity contribution in [2.75, 3.05) is 33.1 Å². The van der Waals surface area contributed by atoms with Crippen molar-refractivity contribution in [2.24, 2.45) is 5.92 Å². The van der Waals surface area contributed by atoms with E-state index in [0.29, 0.717) is 50.4 Å². The Morgan fingerprint density at radius 1 is 1.31 bits per heavy atom. The number of fused-ring (bicyclic) bond motifs is 1.